The zero-order valence-electron chi connectivity index (χ0n) is 10.9. The summed E-state index contributed by atoms with van der Waals surface area (Å²) in [6.45, 7) is 3.13. The minimum atomic E-state index is 0.194. The lowest BCUT2D eigenvalue weighted by Crippen LogP contribution is -2.21. The monoisotopic (exact) mass is 339 g/mol. The predicted octanol–water partition coefficient (Wildman–Crippen LogP) is 4.03. The van der Waals surface area contributed by atoms with Crippen molar-refractivity contribution in [3.05, 3.63) is 56.2 Å². The van der Waals surface area contributed by atoms with Crippen molar-refractivity contribution < 1.29 is 5.11 Å². The highest BCUT2D eigenvalue weighted by atomic mass is 79.9. The minimum Gasteiger partial charge on any atom is -0.396 e. The van der Waals surface area contributed by atoms with E-state index in [1.807, 2.05) is 18.2 Å². The molecule has 0 aliphatic carbocycles. The van der Waals surface area contributed by atoms with Gasteiger partial charge in [0.2, 0.25) is 0 Å². The normalized spacial score (nSPS) is 12.6. The Morgan fingerprint density at radius 1 is 1.32 bits per heavy atom. The van der Waals surface area contributed by atoms with Gasteiger partial charge in [-0.25, -0.2) is 0 Å². The molecule has 0 bridgehead atoms. The van der Waals surface area contributed by atoms with Crippen LogP contribution < -0.4 is 5.32 Å². The third-order valence-corrected chi connectivity index (χ3v) is 5.19. The SMILES string of the molecule is Cc1cc(CN[C@H](CCO)c2ccccc2)sc1Br. The van der Waals surface area contributed by atoms with Gasteiger partial charge in [0.1, 0.15) is 0 Å². The molecule has 1 aromatic heterocycles. The van der Waals surface area contributed by atoms with Gasteiger partial charge >= 0.3 is 0 Å². The molecular formula is C15H18BrNOS. The number of aliphatic hydroxyl groups excluding tert-OH is 1. The largest absolute Gasteiger partial charge is 0.396 e. The highest BCUT2D eigenvalue weighted by Crippen LogP contribution is 2.28. The van der Waals surface area contributed by atoms with E-state index in [9.17, 15) is 5.11 Å². The number of thiophene rings is 1. The molecule has 102 valence electrons. The molecule has 1 heterocycles. The van der Waals surface area contributed by atoms with Gasteiger partial charge in [-0.3, -0.25) is 0 Å². The Labute approximate surface area is 126 Å². The molecule has 19 heavy (non-hydrogen) atoms. The smallest absolute Gasteiger partial charge is 0.0730 e. The van der Waals surface area contributed by atoms with Crippen molar-refractivity contribution in [3.63, 3.8) is 0 Å². The third-order valence-electron chi connectivity index (χ3n) is 3.05. The van der Waals surface area contributed by atoms with Gasteiger partial charge in [0, 0.05) is 24.1 Å². The number of benzene rings is 1. The number of rotatable bonds is 6. The summed E-state index contributed by atoms with van der Waals surface area (Å²) in [5.74, 6) is 0. The highest BCUT2D eigenvalue weighted by Gasteiger charge is 2.11. The lowest BCUT2D eigenvalue weighted by Gasteiger charge is -2.17. The van der Waals surface area contributed by atoms with Crippen molar-refractivity contribution in [2.75, 3.05) is 6.61 Å². The van der Waals surface area contributed by atoms with Crippen LogP contribution in [0.15, 0.2) is 40.2 Å². The topological polar surface area (TPSA) is 32.3 Å². The molecule has 0 fully saturated rings. The van der Waals surface area contributed by atoms with Crippen LogP contribution in [0.25, 0.3) is 0 Å². The summed E-state index contributed by atoms with van der Waals surface area (Å²) in [6.07, 6.45) is 0.732. The van der Waals surface area contributed by atoms with Crippen molar-refractivity contribution in [3.8, 4) is 0 Å². The van der Waals surface area contributed by atoms with E-state index in [4.69, 9.17) is 0 Å². The summed E-state index contributed by atoms with van der Waals surface area (Å²) in [7, 11) is 0. The molecule has 0 saturated carbocycles. The van der Waals surface area contributed by atoms with Crippen molar-refractivity contribution in [1.82, 2.24) is 5.32 Å². The average Bonchev–Trinajstić information content (AvgIpc) is 2.75. The molecule has 0 saturated heterocycles. The van der Waals surface area contributed by atoms with Gasteiger partial charge in [0.15, 0.2) is 0 Å². The lowest BCUT2D eigenvalue weighted by molar-refractivity contribution is 0.265. The second-order valence-electron chi connectivity index (χ2n) is 4.53. The van der Waals surface area contributed by atoms with Gasteiger partial charge in [-0.1, -0.05) is 30.3 Å². The zero-order valence-corrected chi connectivity index (χ0v) is 13.3. The number of nitrogens with one attached hydrogen (secondary N) is 1. The Hall–Kier alpha value is -0.680. The first-order valence-electron chi connectivity index (χ1n) is 6.34. The molecule has 1 aromatic carbocycles. The number of aryl methyl sites for hydroxylation is 1. The Balaban J connectivity index is 2.01. The Kier molecular flexibility index (Phi) is 5.58. The van der Waals surface area contributed by atoms with Gasteiger partial charge in [-0.15, -0.1) is 11.3 Å². The van der Waals surface area contributed by atoms with E-state index in [2.05, 4.69) is 46.4 Å². The van der Waals surface area contributed by atoms with E-state index in [0.717, 1.165) is 13.0 Å². The van der Waals surface area contributed by atoms with E-state index in [1.165, 1.54) is 19.8 Å². The van der Waals surface area contributed by atoms with Crippen LogP contribution in [0.2, 0.25) is 0 Å². The number of hydrogen-bond acceptors (Lipinski definition) is 3. The molecule has 2 aromatic rings. The molecule has 0 amide bonds. The van der Waals surface area contributed by atoms with Crippen LogP contribution in [0.5, 0.6) is 0 Å². The van der Waals surface area contributed by atoms with Crippen LogP contribution in [0.3, 0.4) is 0 Å². The van der Waals surface area contributed by atoms with Crippen LogP contribution in [-0.4, -0.2) is 11.7 Å². The Bertz CT molecular complexity index is 493. The fourth-order valence-electron chi connectivity index (χ4n) is 2.04. The highest BCUT2D eigenvalue weighted by molar-refractivity contribution is 9.11. The Morgan fingerprint density at radius 3 is 2.63 bits per heavy atom. The van der Waals surface area contributed by atoms with Gasteiger partial charge in [-0.2, -0.15) is 0 Å². The number of hydrogen-bond donors (Lipinski definition) is 2. The van der Waals surface area contributed by atoms with Crippen LogP contribution in [0, 0.1) is 6.92 Å². The molecule has 4 heteroatoms. The summed E-state index contributed by atoms with van der Waals surface area (Å²) in [5, 5.41) is 12.7. The maximum absolute atomic E-state index is 9.20. The van der Waals surface area contributed by atoms with E-state index in [1.54, 1.807) is 11.3 Å². The summed E-state index contributed by atoms with van der Waals surface area (Å²) in [5.41, 5.74) is 2.50. The summed E-state index contributed by atoms with van der Waals surface area (Å²) < 4.78 is 1.20. The van der Waals surface area contributed by atoms with E-state index in [0.29, 0.717) is 0 Å². The maximum Gasteiger partial charge on any atom is 0.0730 e. The number of aliphatic hydroxyl groups is 1. The van der Waals surface area contributed by atoms with Crippen LogP contribution in [0.4, 0.5) is 0 Å². The number of halogens is 1. The van der Waals surface area contributed by atoms with Gasteiger partial charge in [-0.05, 0) is 46.5 Å². The van der Waals surface area contributed by atoms with Gasteiger partial charge in [0.25, 0.3) is 0 Å². The van der Waals surface area contributed by atoms with Crippen molar-refractivity contribution in [2.24, 2.45) is 0 Å². The van der Waals surface area contributed by atoms with Crippen LogP contribution >= 0.6 is 27.3 Å². The molecular weight excluding hydrogens is 322 g/mol. The molecule has 0 aliphatic heterocycles. The van der Waals surface area contributed by atoms with Crippen LogP contribution in [-0.2, 0) is 6.54 Å². The standard InChI is InChI=1S/C15H18BrNOS/c1-11-9-13(19-15(11)16)10-17-14(7-8-18)12-5-3-2-4-6-12/h2-6,9,14,17-18H,7-8,10H2,1H3/t14-/m1/s1. The maximum atomic E-state index is 9.20. The first-order valence-corrected chi connectivity index (χ1v) is 7.95. The van der Waals surface area contributed by atoms with Crippen LogP contribution in [0.1, 0.15) is 28.5 Å². The fraction of sp³-hybridized carbons (Fsp3) is 0.333. The van der Waals surface area contributed by atoms with E-state index >= 15 is 0 Å². The summed E-state index contributed by atoms with van der Waals surface area (Å²) in [4.78, 5) is 1.31. The molecule has 0 radical (unpaired) electrons. The fourth-order valence-corrected chi connectivity index (χ4v) is 3.61. The van der Waals surface area contributed by atoms with E-state index in [-0.39, 0.29) is 12.6 Å². The predicted molar refractivity (Wildman–Crippen MR) is 84.5 cm³/mol. The van der Waals surface area contributed by atoms with Crippen molar-refractivity contribution in [1.29, 1.82) is 0 Å². The summed E-state index contributed by atoms with van der Waals surface area (Å²) >= 11 is 5.31. The molecule has 2 N–H and O–H groups in total. The van der Waals surface area contributed by atoms with Gasteiger partial charge < -0.3 is 10.4 Å². The molecule has 0 unspecified atom stereocenters. The van der Waals surface area contributed by atoms with Crippen molar-refractivity contribution >= 4 is 27.3 Å². The first kappa shape index (κ1) is 14.7. The minimum absolute atomic E-state index is 0.194. The quantitative estimate of drug-likeness (QED) is 0.832. The average molecular weight is 340 g/mol. The van der Waals surface area contributed by atoms with E-state index < -0.39 is 0 Å². The third kappa shape index (κ3) is 4.14. The second-order valence-corrected chi connectivity index (χ2v) is 6.98. The Morgan fingerprint density at radius 2 is 2.05 bits per heavy atom. The summed E-state index contributed by atoms with van der Waals surface area (Å²) in [6, 6.07) is 12.7. The molecule has 0 aliphatic rings. The zero-order chi connectivity index (χ0) is 13.7. The molecule has 1 atom stereocenters. The van der Waals surface area contributed by atoms with Gasteiger partial charge in [0.05, 0.1) is 3.79 Å². The molecule has 2 rings (SSSR count). The first-order chi connectivity index (χ1) is 9.20. The molecule has 2 nitrogen and oxygen atoms in total. The molecule has 0 spiro atoms. The van der Waals surface area contributed by atoms with Crippen molar-refractivity contribution in [2.45, 2.75) is 25.9 Å². The lowest BCUT2D eigenvalue weighted by atomic mass is 10.0. The second kappa shape index (κ2) is 7.20.